The molecule has 8 nitrogen and oxygen atoms in total. The van der Waals surface area contributed by atoms with Crippen LogP contribution in [0.4, 0.5) is 0 Å². The van der Waals surface area contributed by atoms with Crippen molar-refractivity contribution in [2.45, 2.75) is 12.5 Å². The van der Waals surface area contributed by atoms with Crippen molar-refractivity contribution in [2.75, 3.05) is 34.0 Å². The minimum Gasteiger partial charge on any atom is -0.480 e. The van der Waals surface area contributed by atoms with Crippen LogP contribution in [0.1, 0.15) is 16.8 Å². The van der Waals surface area contributed by atoms with Gasteiger partial charge in [-0.2, -0.15) is 0 Å². The van der Waals surface area contributed by atoms with Crippen LogP contribution in [0, 0.1) is 0 Å². The van der Waals surface area contributed by atoms with Crippen LogP contribution in [0.5, 0.6) is 5.88 Å². The summed E-state index contributed by atoms with van der Waals surface area (Å²) in [6, 6.07) is 1.91. The molecule has 0 radical (unpaired) electrons. The first-order chi connectivity index (χ1) is 10.6. The van der Waals surface area contributed by atoms with Crippen molar-refractivity contribution >= 4 is 11.9 Å². The van der Waals surface area contributed by atoms with Gasteiger partial charge in [0, 0.05) is 45.1 Å². The van der Waals surface area contributed by atoms with Crippen molar-refractivity contribution in [3.63, 3.8) is 0 Å². The Hall–Kier alpha value is -2.19. The summed E-state index contributed by atoms with van der Waals surface area (Å²) >= 11 is 0. The van der Waals surface area contributed by atoms with Crippen LogP contribution in [0.3, 0.4) is 0 Å². The van der Waals surface area contributed by atoms with Crippen molar-refractivity contribution in [2.24, 2.45) is 0 Å². The Kier molecular flexibility index (Phi) is 7.87. The lowest BCUT2D eigenvalue weighted by atomic mass is 10.2. The average molecular weight is 312 g/mol. The summed E-state index contributed by atoms with van der Waals surface area (Å²) in [6.45, 7) is 0.940. The fourth-order valence-electron chi connectivity index (χ4n) is 1.59. The summed E-state index contributed by atoms with van der Waals surface area (Å²) in [5.74, 6) is -1.35. The molecule has 1 rings (SSSR count). The third-order valence-electron chi connectivity index (χ3n) is 2.75. The first-order valence-electron chi connectivity index (χ1n) is 6.69. The van der Waals surface area contributed by atoms with Gasteiger partial charge in [0.15, 0.2) is 0 Å². The van der Waals surface area contributed by atoms with E-state index < -0.39 is 17.9 Å². The summed E-state index contributed by atoms with van der Waals surface area (Å²) in [4.78, 5) is 27.1. The standard InChI is InChI=1S/C14H20N2O6/c1-20-6-4-11(14(18)19)16-13(17)10-3-5-15-12(9-10)22-8-7-21-2/h3,5,9,11H,4,6-8H2,1-2H3,(H,16,17)(H,18,19). The highest BCUT2D eigenvalue weighted by Crippen LogP contribution is 2.10. The Morgan fingerprint density at radius 1 is 1.27 bits per heavy atom. The number of pyridine rings is 1. The maximum Gasteiger partial charge on any atom is 0.326 e. The number of carboxylic acids is 1. The Morgan fingerprint density at radius 3 is 2.64 bits per heavy atom. The zero-order valence-corrected chi connectivity index (χ0v) is 12.6. The third kappa shape index (κ3) is 6.06. The highest BCUT2D eigenvalue weighted by molar-refractivity contribution is 5.96. The topological polar surface area (TPSA) is 107 Å². The Labute approximate surface area is 128 Å². The van der Waals surface area contributed by atoms with Crippen molar-refractivity contribution in [3.05, 3.63) is 23.9 Å². The number of nitrogens with zero attached hydrogens (tertiary/aromatic N) is 1. The molecule has 1 unspecified atom stereocenters. The number of carboxylic acid groups (broad SMARTS) is 1. The second-order valence-electron chi connectivity index (χ2n) is 4.37. The van der Waals surface area contributed by atoms with Gasteiger partial charge in [0.1, 0.15) is 12.6 Å². The molecular weight excluding hydrogens is 292 g/mol. The lowest BCUT2D eigenvalue weighted by Gasteiger charge is -2.14. The molecule has 0 spiro atoms. The Bertz CT molecular complexity index is 494. The molecule has 0 aliphatic rings. The Morgan fingerprint density at radius 2 is 2.00 bits per heavy atom. The van der Waals surface area contributed by atoms with Crippen LogP contribution in [-0.4, -0.2) is 62.0 Å². The number of aliphatic carboxylic acids is 1. The first-order valence-corrected chi connectivity index (χ1v) is 6.69. The molecule has 22 heavy (non-hydrogen) atoms. The molecule has 0 bridgehead atoms. The second-order valence-corrected chi connectivity index (χ2v) is 4.37. The van der Waals surface area contributed by atoms with Gasteiger partial charge < -0.3 is 24.6 Å². The maximum atomic E-state index is 12.1. The smallest absolute Gasteiger partial charge is 0.326 e. The quantitative estimate of drug-likeness (QED) is 0.599. The lowest BCUT2D eigenvalue weighted by Crippen LogP contribution is -2.41. The van der Waals surface area contributed by atoms with Gasteiger partial charge >= 0.3 is 5.97 Å². The fourth-order valence-corrected chi connectivity index (χ4v) is 1.59. The van der Waals surface area contributed by atoms with Crippen molar-refractivity contribution in [1.29, 1.82) is 0 Å². The summed E-state index contributed by atoms with van der Waals surface area (Å²) in [6.07, 6.45) is 1.60. The number of amides is 1. The number of carbonyl (C=O) groups is 2. The largest absolute Gasteiger partial charge is 0.480 e. The molecule has 1 aromatic rings. The molecule has 0 aliphatic heterocycles. The molecule has 8 heteroatoms. The van der Waals surface area contributed by atoms with Crippen LogP contribution in [0.2, 0.25) is 0 Å². The van der Waals surface area contributed by atoms with Crippen LogP contribution < -0.4 is 10.1 Å². The molecule has 1 heterocycles. The molecule has 0 fully saturated rings. The van der Waals surface area contributed by atoms with Gasteiger partial charge in [-0.05, 0) is 6.07 Å². The molecule has 0 saturated carbocycles. The molecule has 0 aromatic carbocycles. The van der Waals surface area contributed by atoms with Gasteiger partial charge in [-0.3, -0.25) is 4.79 Å². The van der Waals surface area contributed by atoms with Crippen molar-refractivity contribution < 1.29 is 28.9 Å². The van der Waals surface area contributed by atoms with E-state index >= 15 is 0 Å². The fraction of sp³-hybridized carbons (Fsp3) is 0.500. The highest BCUT2D eigenvalue weighted by Gasteiger charge is 2.20. The number of hydrogen-bond donors (Lipinski definition) is 2. The molecule has 1 atom stereocenters. The van der Waals surface area contributed by atoms with Gasteiger partial charge in [-0.25, -0.2) is 9.78 Å². The van der Waals surface area contributed by atoms with Crippen LogP contribution in [0.15, 0.2) is 18.3 Å². The van der Waals surface area contributed by atoms with E-state index in [0.717, 1.165) is 0 Å². The molecular formula is C14H20N2O6. The van der Waals surface area contributed by atoms with E-state index in [2.05, 4.69) is 10.3 Å². The molecule has 1 aromatic heterocycles. The van der Waals surface area contributed by atoms with Crippen LogP contribution in [-0.2, 0) is 14.3 Å². The number of nitrogens with one attached hydrogen (secondary N) is 1. The normalized spacial score (nSPS) is 11.7. The van der Waals surface area contributed by atoms with Crippen LogP contribution in [0.25, 0.3) is 0 Å². The second kappa shape index (κ2) is 9.69. The van der Waals surface area contributed by atoms with E-state index in [1.807, 2.05) is 0 Å². The number of methoxy groups -OCH3 is 2. The lowest BCUT2D eigenvalue weighted by molar-refractivity contribution is -0.139. The van der Waals surface area contributed by atoms with Crippen LogP contribution >= 0.6 is 0 Å². The Balaban J connectivity index is 2.67. The van der Waals surface area contributed by atoms with Gasteiger partial charge in [0.2, 0.25) is 5.88 Å². The zero-order valence-electron chi connectivity index (χ0n) is 12.6. The molecule has 0 saturated heterocycles. The molecule has 2 N–H and O–H groups in total. The zero-order chi connectivity index (χ0) is 16.4. The first kappa shape index (κ1) is 17.9. The van der Waals surface area contributed by atoms with E-state index in [9.17, 15) is 9.59 Å². The average Bonchev–Trinajstić information content (AvgIpc) is 2.51. The predicted molar refractivity (Wildman–Crippen MR) is 77.0 cm³/mol. The summed E-state index contributed by atoms with van der Waals surface area (Å²) in [5.41, 5.74) is 0.270. The molecule has 1 amide bonds. The maximum absolute atomic E-state index is 12.1. The van der Waals surface area contributed by atoms with Gasteiger partial charge in [0.05, 0.1) is 6.61 Å². The van der Waals surface area contributed by atoms with E-state index in [1.165, 1.54) is 25.4 Å². The minimum absolute atomic E-state index is 0.180. The summed E-state index contributed by atoms with van der Waals surface area (Å²) in [7, 11) is 3.01. The predicted octanol–water partition coefficient (Wildman–Crippen LogP) is 0.326. The number of ether oxygens (including phenoxy) is 3. The summed E-state index contributed by atoms with van der Waals surface area (Å²) in [5, 5.41) is 11.5. The van der Waals surface area contributed by atoms with Gasteiger partial charge in [-0.15, -0.1) is 0 Å². The number of aromatic nitrogens is 1. The van der Waals surface area contributed by atoms with E-state index in [4.69, 9.17) is 19.3 Å². The van der Waals surface area contributed by atoms with Crippen molar-refractivity contribution in [1.82, 2.24) is 10.3 Å². The molecule has 0 aliphatic carbocycles. The minimum atomic E-state index is -1.11. The number of hydrogen-bond acceptors (Lipinski definition) is 6. The highest BCUT2D eigenvalue weighted by atomic mass is 16.5. The van der Waals surface area contributed by atoms with E-state index in [-0.39, 0.29) is 24.5 Å². The van der Waals surface area contributed by atoms with E-state index in [1.54, 1.807) is 7.11 Å². The van der Waals surface area contributed by atoms with Crippen molar-refractivity contribution in [3.8, 4) is 5.88 Å². The monoisotopic (exact) mass is 312 g/mol. The van der Waals surface area contributed by atoms with E-state index in [0.29, 0.717) is 13.2 Å². The number of rotatable bonds is 10. The SMILES string of the molecule is COCCOc1cc(C(=O)NC(CCOC)C(=O)O)ccn1. The summed E-state index contributed by atoms with van der Waals surface area (Å²) < 4.78 is 15.0. The van der Waals surface area contributed by atoms with Gasteiger partial charge in [-0.1, -0.05) is 0 Å². The molecule has 122 valence electrons. The number of carbonyl (C=O) groups excluding carboxylic acids is 1. The third-order valence-corrected chi connectivity index (χ3v) is 2.75. The van der Waals surface area contributed by atoms with Gasteiger partial charge in [0.25, 0.3) is 5.91 Å².